The highest BCUT2D eigenvalue weighted by atomic mass is 35.5. The molecule has 1 aromatic heterocycles. The van der Waals surface area contributed by atoms with E-state index in [4.69, 9.17) is 17.3 Å². The Bertz CT molecular complexity index is 591. The summed E-state index contributed by atoms with van der Waals surface area (Å²) in [6.45, 7) is 5.73. The number of nitrogens with zero attached hydrogens (tertiary/aromatic N) is 3. The second kappa shape index (κ2) is 5.66. The Hall–Kier alpha value is -1.40. The van der Waals surface area contributed by atoms with Gasteiger partial charge in [-0.25, -0.2) is 4.98 Å². The summed E-state index contributed by atoms with van der Waals surface area (Å²) in [6.07, 6.45) is 5.91. The van der Waals surface area contributed by atoms with Gasteiger partial charge in [0.1, 0.15) is 5.82 Å². The first-order chi connectivity index (χ1) is 10.4. The van der Waals surface area contributed by atoms with Gasteiger partial charge < -0.3 is 11.1 Å². The van der Waals surface area contributed by atoms with E-state index in [0.717, 1.165) is 12.8 Å². The fourth-order valence-electron chi connectivity index (χ4n) is 3.96. The summed E-state index contributed by atoms with van der Waals surface area (Å²) < 4.78 is 0. The lowest BCUT2D eigenvalue weighted by Gasteiger charge is -2.47. The van der Waals surface area contributed by atoms with Gasteiger partial charge in [0.05, 0.1) is 5.56 Å². The zero-order chi connectivity index (χ0) is 15.9. The monoisotopic (exact) mass is 323 g/mol. The lowest BCUT2D eigenvalue weighted by molar-refractivity contribution is 0.0501. The van der Waals surface area contributed by atoms with E-state index in [-0.39, 0.29) is 22.4 Å². The van der Waals surface area contributed by atoms with E-state index in [1.165, 1.54) is 25.6 Å². The molecule has 1 aromatic rings. The molecule has 3 rings (SSSR count). The normalized spacial score (nSPS) is 27.4. The van der Waals surface area contributed by atoms with Crippen LogP contribution >= 0.6 is 11.6 Å². The van der Waals surface area contributed by atoms with E-state index in [0.29, 0.717) is 11.9 Å². The molecule has 1 amide bonds. The smallest absolute Gasteiger partial charge is 0.254 e. The number of amides is 1. The number of primary amides is 1. The molecule has 2 fully saturated rings. The number of nitrogens with one attached hydrogen (secondary N) is 1. The highest BCUT2D eigenvalue weighted by molar-refractivity contribution is 6.28. The van der Waals surface area contributed by atoms with E-state index in [1.54, 1.807) is 0 Å². The molecule has 0 aromatic carbocycles. The molecule has 3 heterocycles. The van der Waals surface area contributed by atoms with Crippen LogP contribution in [0.25, 0.3) is 0 Å². The number of rotatable bonds is 3. The van der Waals surface area contributed by atoms with Crippen molar-refractivity contribution in [2.75, 3.05) is 11.9 Å². The molecule has 0 spiro atoms. The topological polar surface area (TPSA) is 84.1 Å². The van der Waals surface area contributed by atoms with Crippen LogP contribution in [0.15, 0.2) is 6.20 Å². The SMILES string of the molecule is CC1(C)CC(Nc2nc(Cl)ncc2C(N)=O)CC2CCCN21. The summed E-state index contributed by atoms with van der Waals surface area (Å²) >= 11 is 5.86. The van der Waals surface area contributed by atoms with Crippen LogP contribution in [0, 0.1) is 0 Å². The minimum Gasteiger partial charge on any atom is -0.366 e. The number of carbonyl (C=O) groups excluding carboxylic acids is 1. The summed E-state index contributed by atoms with van der Waals surface area (Å²) in [7, 11) is 0. The van der Waals surface area contributed by atoms with E-state index in [1.807, 2.05) is 0 Å². The van der Waals surface area contributed by atoms with Crippen LogP contribution < -0.4 is 11.1 Å². The van der Waals surface area contributed by atoms with Crippen LogP contribution in [0.2, 0.25) is 5.28 Å². The Morgan fingerprint density at radius 2 is 2.32 bits per heavy atom. The van der Waals surface area contributed by atoms with Gasteiger partial charge in [-0.05, 0) is 57.7 Å². The molecule has 0 radical (unpaired) electrons. The molecule has 0 bridgehead atoms. The predicted octanol–water partition coefficient (Wildman–Crippen LogP) is 2.05. The van der Waals surface area contributed by atoms with Crippen LogP contribution in [0.1, 0.15) is 49.9 Å². The minimum absolute atomic E-state index is 0.116. The maximum atomic E-state index is 11.5. The first-order valence-electron chi connectivity index (χ1n) is 7.72. The van der Waals surface area contributed by atoms with Crippen molar-refractivity contribution >= 4 is 23.3 Å². The van der Waals surface area contributed by atoms with Gasteiger partial charge in [0.25, 0.3) is 5.91 Å². The van der Waals surface area contributed by atoms with Gasteiger partial charge in [0, 0.05) is 23.8 Å². The largest absolute Gasteiger partial charge is 0.366 e. The number of piperidine rings is 1. The molecule has 0 saturated carbocycles. The molecule has 2 saturated heterocycles. The van der Waals surface area contributed by atoms with E-state index < -0.39 is 5.91 Å². The summed E-state index contributed by atoms with van der Waals surface area (Å²) in [6, 6.07) is 0.842. The highest BCUT2D eigenvalue weighted by Crippen LogP contribution is 2.38. The third-order valence-electron chi connectivity index (χ3n) is 4.82. The number of hydrogen-bond donors (Lipinski definition) is 2. The molecule has 2 atom stereocenters. The maximum Gasteiger partial charge on any atom is 0.254 e. The molecule has 7 heteroatoms. The van der Waals surface area contributed by atoms with Gasteiger partial charge in [0.15, 0.2) is 0 Å². The number of carbonyl (C=O) groups is 1. The zero-order valence-corrected chi connectivity index (χ0v) is 13.7. The number of halogens is 1. The Kier molecular flexibility index (Phi) is 3.99. The molecule has 22 heavy (non-hydrogen) atoms. The zero-order valence-electron chi connectivity index (χ0n) is 13.0. The van der Waals surface area contributed by atoms with Gasteiger partial charge in [-0.15, -0.1) is 0 Å². The first-order valence-corrected chi connectivity index (χ1v) is 8.10. The van der Waals surface area contributed by atoms with Crippen LogP contribution in [0.4, 0.5) is 5.82 Å². The molecule has 120 valence electrons. The predicted molar refractivity (Wildman–Crippen MR) is 86.0 cm³/mol. The van der Waals surface area contributed by atoms with Gasteiger partial charge >= 0.3 is 0 Å². The molecular weight excluding hydrogens is 302 g/mol. The van der Waals surface area contributed by atoms with Gasteiger partial charge in [-0.3, -0.25) is 9.69 Å². The second-order valence-electron chi connectivity index (χ2n) is 6.85. The van der Waals surface area contributed by atoms with Crippen molar-refractivity contribution in [3.05, 3.63) is 17.0 Å². The molecule has 2 aliphatic heterocycles. The lowest BCUT2D eigenvalue weighted by Crippen LogP contribution is -2.55. The Morgan fingerprint density at radius 1 is 1.55 bits per heavy atom. The van der Waals surface area contributed by atoms with Crippen LogP contribution in [0.5, 0.6) is 0 Å². The number of fused-ring (bicyclic) bond motifs is 1. The summed E-state index contributed by atoms with van der Waals surface area (Å²) in [5, 5.41) is 3.49. The number of hydrogen-bond acceptors (Lipinski definition) is 5. The van der Waals surface area contributed by atoms with E-state index >= 15 is 0 Å². The highest BCUT2D eigenvalue weighted by Gasteiger charge is 2.43. The Labute approximate surface area is 135 Å². The molecule has 6 nitrogen and oxygen atoms in total. The van der Waals surface area contributed by atoms with Crippen molar-refractivity contribution in [3.8, 4) is 0 Å². The fraction of sp³-hybridized carbons (Fsp3) is 0.667. The van der Waals surface area contributed by atoms with Gasteiger partial charge in [0.2, 0.25) is 5.28 Å². The van der Waals surface area contributed by atoms with Gasteiger partial charge in [-0.2, -0.15) is 4.98 Å². The number of aromatic nitrogens is 2. The van der Waals surface area contributed by atoms with Crippen LogP contribution in [0.3, 0.4) is 0 Å². The molecular formula is C15H22ClN5O. The maximum absolute atomic E-state index is 11.5. The first kappa shape index (κ1) is 15.5. The number of nitrogens with two attached hydrogens (primary N) is 1. The van der Waals surface area contributed by atoms with Crippen LogP contribution in [-0.4, -0.2) is 44.9 Å². The second-order valence-corrected chi connectivity index (χ2v) is 7.19. The van der Waals surface area contributed by atoms with Crippen molar-refractivity contribution in [2.24, 2.45) is 5.73 Å². The fourth-order valence-corrected chi connectivity index (χ4v) is 4.10. The average Bonchev–Trinajstić information content (AvgIpc) is 2.87. The molecule has 2 unspecified atom stereocenters. The number of anilines is 1. The van der Waals surface area contributed by atoms with Crippen LogP contribution in [-0.2, 0) is 0 Å². The van der Waals surface area contributed by atoms with Crippen molar-refractivity contribution in [2.45, 2.75) is 57.2 Å². The summed E-state index contributed by atoms with van der Waals surface area (Å²) in [4.78, 5) is 22.1. The standard InChI is InChI=1S/C15H22ClN5O/c1-15(2)7-9(6-10-4-3-5-21(10)15)19-13-11(12(17)22)8-18-14(16)20-13/h8-10H,3-7H2,1-2H3,(H2,17,22)(H,18,19,20). The molecule has 0 aliphatic carbocycles. The van der Waals surface area contributed by atoms with Crippen molar-refractivity contribution < 1.29 is 4.79 Å². The summed E-state index contributed by atoms with van der Waals surface area (Å²) in [5.41, 5.74) is 5.83. The summed E-state index contributed by atoms with van der Waals surface area (Å²) in [5.74, 6) is -0.100. The molecule has 3 N–H and O–H groups in total. The third kappa shape index (κ3) is 2.90. The van der Waals surface area contributed by atoms with E-state index in [2.05, 4.69) is 34.0 Å². The minimum atomic E-state index is -0.545. The third-order valence-corrected chi connectivity index (χ3v) is 5.00. The Morgan fingerprint density at radius 3 is 3.05 bits per heavy atom. The van der Waals surface area contributed by atoms with Crippen molar-refractivity contribution in [1.82, 2.24) is 14.9 Å². The molecule has 2 aliphatic rings. The quantitative estimate of drug-likeness (QED) is 0.832. The average molecular weight is 324 g/mol. The van der Waals surface area contributed by atoms with Gasteiger partial charge in [-0.1, -0.05) is 0 Å². The Balaban J connectivity index is 1.82. The van der Waals surface area contributed by atoms with Crippen molar-refractivity contribution in [1.29, 1.82) is 0 Å². The lowest BCUT2D eigenvalue weighted by atomic mass is 9.84. The van der Waals surface area contributed by atoms with E-state index in [9.17, 15) is 4.79 Å². The van der Waals surface area contributed by atoms with Crippen molar-refractivity contribution in [3.63, 3.8) is 0 Å².